The highest BCUT2D eigenvalue weighted by atomic mass is 16.5. The van der Waals surface area contributed by atoms with Crippen LogP contribution in [0.1, 0.15) is 51.3 Å². The van der Waals surface area contributed by atoms with Crippen LogP contribution in [0.3, 0.4) is 0 Å². The summed E-state index contributed by atoms with van der Waals surface area (Å²) in [6.45, 7) is 2.21. The first kappa shape index (κ1) is 23.8. The number of amides is 2. The second-order valence-electron chi connectivity index (χ2n) is 8.78. The van der Waals surface area contributed by atoms with Crippen molar-refractivity contribution in [3.63, 3.8) is 0 Å². The van der Waals surface area contributed by atoms with Crippen molar-refractivity contribution in [2.45, 2.75) is 26.7 Å². The fraction of sp³-hybridized carbons (Fsp3) is 0.280. The minimum atomic E-state index is -1.04. The number of imide groups is 1. The lowest BCUT2D eigenvalue weighted by molar-refractivity contribution is -0.131. The van der Waals surface area contributed by atoms with Gasteiger partial charge in [0.1, 0.15) is 28.6 Å². The van der Waals surface area contributed by atoms with E-state index < -0.39 is 46.6 Å². The van der Waals surface area contributed by atoms with Crippen LogP contribution in [0.4, 0.5) is 5.69 Å². The molecule has 4 rings (SSSR count). The number of esters is 1. The standard InChI is InChI=1S/C25H24N2O8/c1-10(28)26-25(34)21-17(35-11(2)29)9-13-7-12-8-14-15(27(3)4)5-6-16(30)20(14)23(32)18(12)22(31)19(13)24(21)33/h5-6,9,12,30-31,33H,7-8H2,1-4H3,(H,26,28,34)/t12-/m1/s1. The summed E-state index contributed by atoms with van der Waals surface area (Å²) in [5, 5.41) is 34.6. The van der Waals surface area contributed by atoms with Crippen LogP contribution in [0.15, 0.2) is 23.8 Å². The summed E-state index contributed by atoms with van der Waals surface area (Å²) < 4.78 is 5.13. The molecule has 2 aliphatic carbocycles. The second-order valence-corrected chi connectivity index (χ2v) is 8.78. The third kappa shape index (κ3) is 3.86. The summed E-state index contributed by atoms with van der Waals surface area (Å²) in [6.07, 6.45) is 0.497. The number of ether oxygens (including phenoxy) is 1. The van der Waals surface area contributed by atoms with E-state index in [2.05, 4.69) is 0 Å². The van der Waals surface area contributed by atoms with Crippen molar-refractivity contribution < 1.29 is 39.2 Å². The average molecular weight is 480 g/mol. The predicted molar refractivity (Wildman–Crippen MR) is 125 cm³/mol. The number of anilines is 1. The number of nitrogens with one attached hydrogen (secondary N) is 1. The van der Waals surface area contributed by atoms with Gasteiger partial charge in [0.15, 0.2) is 5.78 Å². The van der Waals surface area contributed by atoms with Crippen LogP contribution >= 0.6 is 0 Å². The fourth-order valence-corrected chi connectivity index (χ4v) is 4.85. The zero-order chi connectivity index (χ0) is 25.8. The highest BCUT2D eigenvalue weighted by Crippen LogP contribution is 2.49. The molecule has 0 bridgehead atoms. The number of hydrogen-bond acceptors (Lipinski definition) is 9. The predicted octanol–water partition coefficient (Wildman–Crippen LogP) is 2.25. The Morgan fingerprint density at radius 3 is 2.34 bits per heavy atom. The third-order valence-corrected chi connectivity index (χ3v) is 6.15. The van der Waals surface area contributed by atoms with Crippen molar-refractivity contribution in [2.24, 2.45) is 5.92 Å². The number of rotatable bonds is 3. The summed E-state index contributed by atoms with van der Waals surface area (Å²) in [4.78, 5) is 51.0. The van der Waals surface area contributed by atoms with E-state index >= 15 is 0 Å². The monoisotopic (exact) mass is 480 g/mol. The van der Waals surface area contributed by atoms with Crippen LogP contribution in [0.2, 0.25) is 0 Å². The quantitative estimate of drug-likeness (QED) is 0.383. The Labute approximate surface area is 200 Å². The number of carbonyl (C=O) groups excluding carboxylic acids is 4. The molecule has 10 heteroatoms. The maximum atomic E-state index is 13.5. The number of phenols is 2. The van der Waals surface area contributed by atoms with E-state index in [0.717, 1.165) is 19.5 Å². The molecule has 2 aromatic carbocycles. The molecule has 2 amide bonds. The van der Waals surface area contributed by atoms with Crippen molar-refractivity contribution in [1.29, 1.82) is 0 Å². The van der Waals surface area contributed by atoms with Crippen LogP contribution in [0.25, 0.3) is 5.76 Å². The van der Waals surface area contributed by atoms with Gasteiger partial charge in [0.05, 0.1) is 11.1 Å². The fourth-order valence-electron chi connectivity index (χ4n) is 4.85. The number of fused-ring (bicyclic) bond motifs is 3. The van der Waals surface area contributed by atoms with Crippen molar-refractivity contribution in [3.05, 3.63) is 51.6 Å². The molecule has 182 valence electrons. The van der Waals surface area contributed by atoms with Gasteiger partial charge in [-0.1, -0.05) is 0 Å². The molecular weight excluding hydrogens is 456 g/mol. The minimum Gasteiger partial charge on any atom is -0.507 e. The zero-order valence-corrected chi connectivity index (χ0v) is 19.6. The van der Waals surface area contributed by atoms with Crippen molar-refractivity contribution >= 4 is 35.0 Å². The lowest BCUT2D eigenvalue weighted by atomic mass is 9.70. The van der Waals surface area contributed by atoms with Gasteiger partial charge < -0.3 is 25.0 Å². The van der Waals surface area contributed by atoms with Gasteiger partial charge in [0.25, 0.3) is 5.91 Å². The highest BCUT2D eigenvalue weighted by Gasteiger charge is 2.42. The lowest BCUT2D eigenvalue weighted by Gasteiger charge is -2.34. The van der Waals surface area contributed by atoms with E-state index in [-0.39, 0.29) is 34.6 Å². The Hall–Kier alpha value is -4.34. The van der Waals surface area contributed by atoms with E-state index in [0.29, 0.717) is 17.5 Å². The second kappa shape index (κ2) is 8.46. The lowest BCUT2D eigenvalue weighted by Crippen LogP contribution is -2.32. The normalized spacial score (nSPS) is 16.1. The number of nitrogens with zero attached hydrogens (tertiary/aromatic N) is 1. The molecule has 0 unspecified atom stereocenters. The summed E-state index contributed by atoms with van der Waals surface area (Å²) in [5.74, 6) is -5.36. The van der Waals surface area contributed by atoms with E-state index in [1.807, 2.05) is 24.3 Å². The van der Waals surface area contributed by atoms with E-state index in [4.69, 9.17) is 4.74 Å². The van der Waals surface area contributed by atoms with Gasteiger partial charge in [-0.05, 0) is 48.1 Å². The number of aliphatic hydroxyl groups excluding tert-OH is 1. The molecule has 0 spiro atoms. The van der Waals surface area contributed by atoms with E-state index in [1.165, 1.54) is 12.1 Å². The molecule has 0 aromatic heterocycles. The van der Waals surface area contributed by atoms with Crippen molar-refractivity contribution in [3.8, 4) is 17.2 Å². The largest absolute Gasteiger partial charge is 0.507 e. The molecule has 0 radical (unpaired) electrons. The third-order valence-electron chi connectivity index (χ3n) is 6.15. The van der Waals surface area contributed by atoms with Crippen LogP contribution in [0.5, 0.6) is 17.2 Å². The van der Waals surface area contributed by atoms with Crippen LogP contribution < -0.4 is 15.0 Å². The number of benzene rings is 2. The zero-order valence-electron chi connectivity index (χ0n) is 19.6. The molecule has 0 saturated heterocycles. The molecule has 2 aromatic rings. The van der Waals surface area contributed by atoms with Gasteiger partial charge in [0.2, 0.25) is 5.91 Å². The SMILES string of the molecule is CC(=O)NC(=O)c1c(OC(C)=O)cc2c(c1O)C(O)=C1C(=O)c3c(O)ccc(N(C)C)c3C[C@H]1C2. The minimum absolute atomic E-state index is 0.00432. The molecule has 1 atom stereocenters. The summed E-state index contributed by atoms with van der Waals surface area (Å²) in [5.41, 5.74) is 1.11. The van der Waals surface area contributed by atoms with Crippen LogP contribution in [-0.4, -0.2) is 53.0 Å². The number of phenolic OH excluding ortho intramolecular Hbond substituents is 2. The maximum Gasteiger partial charge on any atom is 0.308 e. The van der Waals surface area contributed by atoms with Gasteiger partial charge in [0, 0.05) is 39.2 Å². The smallest absolute Gasteiger partial charge is 0.308 e. The van der Waals surface area contributed by atoms with Gasteiger partial charge in [-0.25, -0.2) is 0 Å². The number of aliphatic hydroxyl groups is 1. The van der Waals surface area contributed by atoms with Crippen molar-refractivity contribution in [1.82, 2.24) is 5.32 Å². The summed E-state index contributed by atoms with van der Waals surface area (Å²) in [6, 6.07) is 4.46. The van der Waals surface area contributed by atoms with Gasteiger partial charge in [-0.15, -0.1) is 0 Å². The molecule has 4 N–H and O–H groups in total. The molecular formula is C25H24N2O8. The number of hydrogen-bond donors (Lipinski definition) is 4. The highest BCUT2D eigenvalue weighted by molar-refractivity contribution is 6.18. The topological polar surface area (TPSA) is 153 Å². The van der Waals surface area contributed by atoms with Crippen molar-refractivity contribution in [2.75, 3.05) is 19.0 Å². The Morgan fingerprint density at radius 2 is 1.74 bits per heavy atom. The molecule has 2 aliphatic rings. The van der Waals surface area contributed by atoms with E-state index in [1.54, 1.807) is 6.07 Å². The molecule has 35 heavy (non-hydrogen) atoms. The van der Waals surface area contributed by atoms with E-state index in [9.17, 15) is 34.5 Å². The molecule has 0 heterocycles. The summed E-state index contributed by atoms with van der Waals surface area (Å²) >= 11 is 0. The summed E-state index contributed by atoms with van der Waals surface area (Å²) in [7, 11) is 3.63. The number of aromatic hydroxyl groups is 2. The van der Waals surface area contributed by atoms with Gasteiger partial charge in [-0.3, -0.25) is 24.5 Å². The van der Waals surface area contributed by atoms with Gasteiger partial charge >= 0.3 is 5.97 Å². The Bertz CT molecular complexity index is 1360. The van der Waals surface area contributed by atoms with Gasteiger partial charge in [-0.2, -0.15) is 0 Å². The first-order valence-electron chi connectivity index (χ1n) is 10.8. The molecule has 10 nitrogen and oxygen atoms in total. The Kier molecular flexibility index (Phi) is 5.75. The first-order chi connectivity index (χ1) is 16.4. The van der Waals surface area contributed by atoms with Crippen LogP contribution in [0, 0.1) is 5.92 Å². The number of allylic oxidation sites excluding steroid dienone is 1. The number of Topliss-reactive ketones (excluding diaryl/α,β-unsaturated/α-hetero) is 1. The molecule has 0 aliphatic heterocycles. The average Bonchev–Trinajstić information content (AvgIpc) is 2.72. The Balaban J connectivity index is 1.95. The Morgan fingerprint density at radius 1 is 1.06 bits per heavy atom. The molecule has 0 fully saturated rings. The number of carbonyl (C=O) groups is 4. The number of ketones is 1. The van der Waals surface area contributed by atoms with Crippen LogP contribution in [-0.2, 0) is 22.4 Å². The molecule has 0 saturated carbocycles. The first-order valence-corrected chi connectivity index (χ1v) is 10.8. The maximum absolute atomic E-state index is 13.5.